The van der Waals surface area contributed by atoms with Gasteiger partial charge in [-0.1, -0.05) is 59.9 Å². The molecule has 1 aliphatic rings. The average molecular weight is 544 g/mol. The lowest BCUT2D eigenvalue weighted by Crippen LogP contribution is -2.31. The van der Waals surface area contributed by atoms with Crippen LogP contribution >= 0.6 is 11.3 Å². The van der Waals surface area contributed by atoms with Gasteiger partial charge in [-0.25, -0.2) is 17.8 Å². The van der Waals surface area contributed by atoms with Crippen molar-refractivity contribution in [3.63, 3.8) is 0 Å². The Morgan fingerprint density at radius 1 is 0.947 bits per heavy atom. The van der Waals surface area contributed by atoms with E-state index in [-0.39, 0.29) is 23.2 Å². The summed E-state index contributed by atoms with van der Waals surface area (Å²) in [5.74, 6) is -0.699. The molecule has 0 unspecified atom stereocenters. The summed E-state index contributed by atoms with van der Waals surface area (Å²) in [4.78, 5) is 20.0. The highest BCUT2D eigenvalue weighted by atomic mass is 32.2. The number of nitrogens with zero attached hydrogens (tertiary/aromatic N) is 3. The summed E-state index contributed by atoms with van der Waals surface area (Å²) in [7, 11) is -3.77. The van der Waals surface area contributed by atoms with Crippen molar-refractivity contribution in [1.82, 2.24) is 4.98 Å². The minimum Gasteiger partial charge on any atom is -0.279 e. The first kappa shape index (κ1) is 24.3. The van der Waals surface area contributed by atoms with Crippen LogP contribution in [0.25, 0.3) is 10.2 Å². The topological polar surface area (TPSA) is 70.6 Å². The van der Waals surface area contributed by atoms with E-state index in [4.69, 9.17) is 0 Å². The highest BCUT2D eigenvalue weighted by molar-refractivity contribution is 7.92. The van der Waals surface area contributed by atoms with Crippen LogP contribution in [0.2, 0.25) is 0 Å². The number of aromatic nitrogens is 1. The van der Waals surface area contributed by atoms with Crippen molar-refractivity contribution in [2.24, 2.45) is 0 Å². The molecule has 0 radical (unpaired) electrons. The van der Waals surface area contributed by atoms with Crippen LogP contribution in [-0.4, -0.2) is 25.9 Å². The lowest BCUT2D eigenvalue weighted by atomic mass is 10.1. The Morgan fingerprint density at radius 3 is 2.47 bits per heavy atom. The van der Waals surface area contributed by atoms with Gasteiger partial charge in [0.05, 0.1) is 27.3 Å². The second-order valence-electron chi connectivity index (χ2n) is 8.97. The molecule has 0 saturated heterocycles. The summed E-state index contributed by atoms with van der Waals surface area (Å²) in [6.07, 6.45) is 0.659. The molecule has 0 fully saturated rings. The number of para-hydroxylation sites is 1. The molecule has 1 aliphatic heterocycles. The molecular weight excluding hydrogens is 521 g/mol. The molecule has 6 nitrogen and oxygen atoms in total. The summed E-state index contributed by atoms with van der Waals surface area (Å²) in [6, 6.07) is 27.3. The molecule has 4 aromatic carbocycles. The van der Waals surface area contributed by atoms with Crippen molar-refractivity contribution in [3.05, 3.63) is 120 Å². The first-order chi connectivity index (χ1) is 18.4. The molecule has 190 valence electrons. The maximum Gasteiger partial charge on any atom is 0.264 e. The molecule has 0 aliphatic carbocycles. The van der Waals surface area contributed by atoms with E-state index in [1.807, 2.05) is 54.6 Å². The van der Waals surface area contributed by atoms with Crippen LogP contribution in [0.15, 0.2) is 102 Å². The zero-order valence-electron chi connectivity index (χ0n) is 20.1. The van der Waals surface area contributed by atoms with Gasteiger partial charge in [0.2, 0.25) is 0 Å². The molecule has 0 spiro atoms. The quantitative estimate of drug-likeness (QED) is 0.262. The molecule has 1 amide bonds. The second-order valence-corrected chi connectivity index (χ2v) is 11.8. The Labute approximate surface area is 223 Å². The molecule has 0 atom stereocenters. The summed E-state index contributed by atoms with van der Waals surface area (Å²) in [6.45, 7) is 0.637. The summed E-state index contributed by atoms with van der Waals surface area (Å²) < 4.78 is 42.6. The monoisotopic (exact) mass is 543 g/mol. The number of rotatable bonds is 6. The second kappa shape index (κ2) is 9.66. The zero-order valence-corrected chi connectivity index (χ0v) is 21.8. The van der Waals surface area contributed by atoms with Gasteiger partial charge in [-0.2, -0.15) is 0 Å². The van der Waals surface area contributed by atoms with E-state index < -0.39 is 10.0 Å². The number of sulfonamides is 1. The van der Waals surface area contributed by atoms with Gasteiger partial charge in [0.1, 0.15) is 5.82 Å². The third-order valence-corrected chi connectivity index (χ3v) is 9.40. The molecule has 0 N–H and O–H groups in total. The van der Waals surface area contributed by atoms with Crippen LogP contribution in [0.5, 0.6) is 0 Å². The SMILES string of the molecule is O=C(c1ccc(S(=O)(=O)N2CCc3ccccc32)cc1)N(Cc1ccccc1)c1nc2ccc(F)cc2s1. The third-order valence-electron chi connectivity index (χ3n) is 6.53. The van der Waals surface area contributed by atoms with Crippen LogP contribution in [0, 0.1) is 5.82 Å². The largest absolute Gasteiger partial charge is 0.279 e. The van der Waals surface area contributed by atoms with Gasteiger partial charge >= 0.3 is 0 Å². The predicted octanol–water partition coefficient (Wildman–Crippen LogP) is 6.03. The lowest BCUT2D eigenvalue weighted by Gasteiger charge is -2.21. The molecule has 0 bridgehead atoms. The van der Waals surface area contributed by atoms with Gasteiger partial charge < -0.3 is 0 Å². The van der Waals surface area contributed by atoms with Crippen LogP contribution in [0.3, 0.4) is 0 Å². The van der Waals surface area contributed by atoms with Crippen molar-refractivity contribution in [2.45, 2.75) is 17.9 Å². The Balaban J connectivity index is 1.32. The van der Waals surface area contributed by atoms with Crippen LogP contribution in [0.1, 0.15) is 21.5 Å². The number of fused-ring (bicyclic) bond motifs is 2. The summed E-state index contributed by atoms with van der Waals surface area (Å²) >= 11 is 1.23. The highest BCUT2D eigenvalue weighted by Gasteiger charge is 2.31. The van der Waals surface area contributed by atoms with Crippen molar-refractivity contribution in [1.29, 1.82) is 0 Å². The maximum atomic E-state index is 13.8. The molecule has 5 aromatic rings. The average Bonchev–Trinajstić information content (AvgIpc) is 3.56. The normalized spacial score (nSPS) is 13.0. The third kappa shape index (κ3) is 4.44. The smallest absolute Gasteiger partial charge is 0.264 e. The van der Waals surface area contributed by atoms with E-state index in [1.54, 1.807) is 6.07 Å². The van der Waals surface area contributed by atoms with E-state index in [9.17, 15) is 17.6 Å². The van der Waals surface area contributed by atoms with Crippen LogP contribution in [-0.2, 0) is 23.0 Å². The fourth-order valence-electron chi connectivity index (χ4n) is 4.60. The Morgan fingerprint density at radius 2 is 1.68 bits per heavy atom. The van der Waals surface area contributed by atoms with Crippen molar-refractivity contribution in [3.8, 4) is 0 Å². The van der Waals surface area contributed by atoms with Gasteiger partial charge in [0.25, 0.3) is 15.9 Å². The predicted molar refractivity (Wildman–Crippen MR) is 148 cm³/mol. The number of halogens is 1. The molecule has 6 rings (SSSR count). The van der Waals surface area contributed by atoms with Gasteiger partial charge in [-0.3, -0.25) is 14.0 Å². The van der Waals surface area contributed by atoms with E-state index in [2.05, 4.69) is 4.98 Å². The number of amides is 1. The molecule has 2 heterocycles. The fourth-order valence-corrected chi connectivity index (χ4v) is 7.10. The number of hydrogen-bond acceptors (Lipinski definition) is 5. The van der Waals surface area contributed by atoms with Gasteiger partial charge in [-0.05, 0) is 66.1 Å². The number of carbonyl (C=O) groups excluding carboxylic acids is 1. The Kier molecular flexibility index (Phi) is 6.17. The van der Waals surface area contributed by atoms with Gasteiger partial charge in [0.15, 0.2) is 5.13 Å². The Bertz CT molecular complexity index is 1750. The molecule has 1 aromatic heterocycles. The highest BCUT2D eigenvalue weighted by Crippen LogP contribution is 2.34. The number of benzene rings is 4. The molecule has 9 heteroatoms. The van der Waals surface area contributed by atoms with Crippen LogP contribution < -0.4 is 9.21 Å². The lowest BCUT2D eigenvalue weighted by molar-refractivity contribution is 0.0985. The number of thiazole rings is 1. The van der Waals surface area contributed by atoms with Gasteiger partial charge in [-0.15, -0.1) is 0 Å². The molecule has 0 saturated carbocycles. The van der Waals surface area contributed by atoms with Crippen molar-refractivity contribution >= 4 is 48.3 Å². The van der Waals surface area contributed by atoms with E-state index in [1.165, 1.54) is 56.9 Å². The number of hydrogen-bond donors (Lipinski definition) is 0. The first-order valence-electron chi connectivity index (χ1n) is 12.0. The van der Waals surface area contributed by atoms with E-state index >= 15 is 0 Å². The first-order valence-corrected chi connectivity index (χ1v) is 14.3. The molecule has 38 heavy (non-hydrogen) atoms. The number of carbonyl (C=O) groups is 1. The maximum absolute atomic E-state index is 13.8. The summed E-state index contributed by atoms with van der Waals surface area (Å²) in [5.41, 5.74) is 3.51. The fraction of sp³-hybridized carbons (Fsp3) is 0.103. The standard InChI is InChI=1S/C29H22FN3O3S2/c30-23-12-15-25-27(18-23)37-29(31-25)32(19-20-6-2-1-3-7-20)28(34)22-10-13-24(14-11-22)38(35,36)33-17-16-21-8-4-5-9-26(21)33/h1-15,18H,16-17,19H2. The number of anilines is 2. The van der Waals surface area contributed by atoms with Crippen LogP contribution in [0.4, 0.5) is 15.2 Å². The molecular formula is C29H22FN3O3S2. The van der Waals surface area contributed by atoms with Gasteiger partial charge in [0, 0.05) is 12.1 Å². The van der Waals surface area contributed by atoms with E-state index in [0.717, 1.165) is 11.1 Å². The van der Waals surface area contributed by atoms with Crippen molar-refractivity contribution < 1.29 is 17.6 Å². The summed E-state index contributed by atoms with van der Waals surface area (Å²) in [5, 5.41) is 0.435. The van der Waals surface area contributed by atoms with Crippen molar-refractivity contribution in [2.75, 3.05) is 15.7 Å². The Hall–Kier alpha value is -4.08. The minimum atomic E-state index is -3.77. The minimum absolute atomic E-state index is 0.121. The van der Waals surface area contributed by atoms with E-state index in [0.29, 0.717) is 39.6 Å². The zero-order chi connectivity index (χ0) is 26.3.